The molecule has 1 aliphatic heterocycles. The fourth-order valence-corrected chi connectivity index (χ4v) is 2.86. The average Bonchev–Trinajstić information content (AvgIpc) is 3.27. The molecule has 1 amide bonds. The van der Waals surface area contributed by atoms with Crippen LogP contribution in [-0.4, -0.2) is 31.5 Å². The lowest BCUT2D eigenvalue weighted by Crippen LogP contribution is -2.24. The number of carbonyl (C=O) groups is 2. The normalized spacial score (nSPS) is 11.9. The van der Waals surface area contributed by atoms with Crippen molar-refractivity contribution in [2.75, 3.05) is 13.4 Å². The van der Waals surface area contributed by atoms with Gasteiger partial charge in [0.25, 0.3) is 5.91 Å². The maximum atomic E-state index is 12.4. The summed E-state index contributed by atoms with van der Waals surface area (Å²) >= 11 is 5.80. The Hall–Kier alpha value is -4.04. The van der Waals surface area contributed by atoms with E-state index in [4.69, 9.17) is 30.5 Å². The number of fused-ring (bicyclic) bond motifs is 1. The zero-order valence-corrected chi connectivity index (χ0v) is 17.4. The van der Waals surface area contributed by atoms with Crippen LogP contribution in [0.1, 0.15) is 15.9 Å². The van der Waals surface area contributed by atoms with Crippen molar-refractivity contribution in [1.29, 1.82) is 0 Å². The fraction of sp³-hybridized carbons (Fsp3) is 0.0870. The van der Waals surface area contributed by atoms with Gasteiger partial charge in [0.1, 0.15) is 11.5 Å². The number of hydrogen-bond acceptors (Lipinski definition) is 7. The van der Waals surface area contributed by atoms with Crippen molar-refractivity contribution in [1.82, 2.24) is 5.43 Å². The number of nitrogens with zero attached hydrogens (tertiary/aromatic N) is 1. The number of hydrazone groups is 1. The summed E-state index contributed by atoms with van der Waals surface area (Å²) in [6.45, 7) is -0.0782. The third-order valence-electron chi connectivity index (χ3n) is 4.26. The van der Waals surface area contributed by atoms with E-state index in [0.29, 0.717) is 39.1 Å². The number of esters is 1. The standard InChI is InChI=1S/C23H17ClN2O6/c24-17-5-7-18(8-6-17)29-13-22(27)26-25-12-15-2-1-3-19(10-15)32-23(28)16-4-9-20-21(11-16)31-14-30-20/h1-12H,13-14H2,(H,26,27). The molecule has 0 spiro atoms. The SMILES string of the molecule is O=C(COc1ccc(Cl)cc1)NN=Cc1cccc(OC(=O)c2ccc3c(c2)OCO3)c1. The molecule has 1 aliphatic rings. The Kier molecular flexibility index (Phi) is 6.52. The van der Waals surface area contributed by atoms with Crippen LogP contribution in [0.4, 0.5) is 0 Å². The van der Waals surface area contributed by atoms with E-state index < -0.39 is 11.9 Å². The zero-order chi connectivity index (χ0) is 22.3. The van der Waals surface area contributed by atoms with Crippen LogP contribution in [0.2, 0.25) is 5.02 Å². The number of nitrogens with one attached hydrogen (secondary N) is 1. The fourth-order valence-electron chi connectivity index (χ4n) is 2.74. The summed E-state index contributed by atoms with van der Waals surface area (Å²) in [5.41, 5.74) is 3.33. The first-order chi connectivity index (χ1) is 15.6. The van der Waals surface area contributed by atoms with E-state index in [1.165, 1.54) is 6.21 Å². The Labute approximate surface area is 188 Å². The number of rotatable bonds is 7. The van der Waals surface area contributed by atoms with Gasteiger partial charge in [0, 0.05) is 5.02 Å². The summed E-state index contributed by atoms with van der Waals surface area (Å²) in [6, 6.07) is 18.2. The molecule has 4 rings (SSSR count). The largest absolute Gasteiger partial charge is 0.484 e. The highest BCUT2D eigenvalue weighted by Gasteiger charge is 2.17. The number of hydrogen-bond donors (Lipinski definition) is 1. The first kappa shape index (κ1) is 21.2. The van der Waals surface area contributed by atoms with Gasteiger partial charge in [-0.3, -0.25) is 4.79 Å². The number of halogens is 1. The average molecular weight is 453 g/mol. The van der Waals surface area contributed by atoms with Gasteiger partial charge in [-0.1, -0.05) is 23.7 Å². The Bertz CT molecular complexity index is 1160. The Morgan fingerprint density at radius 3 is 2.66 bits per heavy atom. The molecule has 0 fully saturated rings. The van der Waals surface area contributed by atoms with Crippen LogP contribution < -0.4 is 24.4 Å². The molecular weight excluding hydrogens is 436 g/mol. The molecule has 0 saturated carbocycles. The predicted molar refractivity (Wildman–Crippen MR) is 117 cm³/mol. The number of carbonyl (C=O) groups excluding carboxylic acids is 2. The molecule has 162 valence electrons. The first-order valence-electron chi connectivity index (χ1n) is 9.49. The molecule has 0 radical (unpaired) electrons. The lowest BCUT2D eigenvalue weighted by molar-refractivity contribution is -0.123. The van der Waals surface area contributed by atoms with Gasteiger partial charge in [-0.05, 0) is 60.2 Å². The summed E-state index contributed by atoms with van der Waals surface area (Å²) in [5.74, 6) is 0.961. The third-order valence-corrected chi connectivity index (χ3v) is 4.52. The Balaban J connectivity index is 1.29. The second-order valence-corrected chi connectivity index (χ2v) is 7.00. The van der Waals surface area contributed by atoms with Crippen molar-refractivity contribution in [3.8, 4) is 23.0 Å². The van der Waals surface area contributed by atoms with Crippen molar-refractivity contribution >= 4 is 29.7 Å². The monoisotopic (exact) mass is 452 g/mol. The lowest BCUT2D eigenvalue weighted by atomic mass is 10.2. The summed E-state index contributed by atoms with van der Waals surface area (Å²) in [5, 5.41) is 4.47. The van der Waals surface area contributed by atoms with Crippen molar-refractivity contribution < 1.29 is 28.5 Å². The van der Waals surface area contributed by atoms with Crippen LogP contribution in [0.15, 0.2) is 71.8 Å². The summed E-state index contributed by atoms with van der Waals surface area (Å²) < 4.78 is 21.3. The molecule has 3 aromatic carbocycles. The van der Waals surface area contributed by atoms with E-state index in [0.717, 1.165) is 0 Å². The van der Waals surface area contributed by atoms with E-state index in [-0.39, 0.29) is 13.4 Å². The van der Waals surface area contributed by atoms with Crippen LogP contribution in [0, 0.1) is 0 Å². The van der Waals surface area contributed by atoms with Crippen LogP contribution >= 0.6 is 11.6 Å². The molecule has 8 nitrogen and oxygen atoms in total. The molecule has 0 aromatic heterocycles. The molecule has 0 atom stereocenters. The summed E-state index contributed by atoms with van der Waals surface area (Å²) in [6.07, 6.45) is 1.43. The molecule has 0 bridgehead atoms. The topological polar surface area (TPSA) is 95.5 Å². The van der Waals surface area contributed by atoms with Gasteiger partial charge in [-0.25, -0.2) is 10.2 Å². The quantitative estimate of drug-likeness (QED) is 0.253. The summed E-state index contributed by atoms with van der Waals surface area (Å²) in [7, 11) is 0. The second kappa shape index (κ2) is 9.84. The Morgan fingerprint density at radius 2 is 1.81 bits per heavy atom. The van der Waals surface area contributed by atoms with E-state index in [1.54, 1.807) is 66.7 Å². The van der Waals surface area contributed by atoms with Gasteiger partial charge in [0.05, 0.1) is 11.8 Å². The van der Waals surface area contributed by atoms with Crippen LogP contribution in [-0.2, 0) is 4.79 Å². The van der Waals surface area contributed by atoms with Crippen molar-refractivity contribution in [2.45, 2.75) is 0 Å². The minimum atomic E-state index is -0.537. The van der Waals surface area contributed by atoms with E-state index in [1.807, 2.05) is 0 Å². The molecule has 0 unspecified atom stereocenters. The van der Waals surface area contributed by atoms with E-state index in [2.05, 4.69) is 10.5 Å². The highest BCUT2D eigenvalue weighted by atomic mass is 35.5. The molecule has 0 saturated heterocycles. The zero-order valence-electron chi connectivity index (χ0n) is 16.6. The van der Waals surface area contributed by atoms with Gasteiger partial charge >= 0.3 is 5.97 Å². The molecule has 32 heavy (non-hydrogen) atoms. The van der Waals surface area contributed by atoms with Crippen molar-refractivity contribution in [3.63, 3.8) is 0 Å². The maximum absolute atomic E-state index is 12.4. The van der Waals surface area contributed by atoms with Gasteiger partial charge < -0.3 is 18.9 Å². The number of benzene rings is 3. The third kappa shape index (κ3) is 5.55. The molecule has 1 N–H and O–H groups in total. The molecule has 9 heteroatoms. The maximum Gasteiger partial charge on any atom is 0.343 e. The Morgan fingerprint density at radius 1 is 1.00 bits per heavy atom. The first-order valence-corrected chi connectivity index (χ1v) is 9.87. The minimum Gasteiger partial charge on any atom is -0.484 e. The minimum absolute atomic E-state index is 0.124. The second-order valence-electron chi connectivity index (χ2n) is 6.57. The van der Waals surface area contributed by atoms with E-state index in [9.17, 15) is 9.59 Å². The smallest absolute Gasteiger partial charge is 0.343 e. The number of amides is 1. The predicted octanol–water partition coefficient (Wildman–Crippen LogP) is 3.82. The molecule has 3 aromatic rings. The summed E-state index contributed by atoms with van der Waals surface area (Å²) in [4.78, 5) is 24.3. The lowest BCUT2D eigenvalue weighted by Gasteiger charge is -2.06. The van der Waals surface area contributed by atoms with E-state index >= 15 is 0 Å². The van der Waals surface area contributed by atoms with Crippen LogP contribution in [0.3, 0.4) is 0 Å². The van der Waals surface area contributed by atoms with Crippen molar-refractivity contribution in [2.24, 2.45) is 5.10 Å². The van der Waals surface area contributed by atoms with Gasteiger partial charge in [0.15, 0.2) is 18.1 Å². The molecule has 0 aliphatic carbocycles. The van der Waals surface area contributed by atoms with Crippen molar-refractivity contribution in [3.05, 3.63) is 82.9 Å². The van der Waals surface area contributed by atoms with Gasteiger partial charge in [0.2, 0.25) is 6.79 Å². The highest BCUT2D eigenvalue weighted by molar-refractivity contribution is 6.30. The van der Waals surface area contributed by atoms with Crippen LogP contribution in [0.5, 0.6) is 23.0 Å². The van der Waals surface area contributed by atoms with Gasteiger partial charge in [-0.15, -0.1) is 0 Å². The number of ether oxygens (including phenoxy) is 4. The highest BCUT2D eigenvalue weighted by Crippen LogP contribution is 2.32. The van der Waals surface area contributed by atoms with Gasteiger partial charge in [-0.2, -0.15) is 5.10 Å². The molecular formula is C23H17ClN2O6. The molecule has 1 heterocycles. The van der Waals surface area contributed by atoms with Crippen LogP contribution in [0.25, 0.3) is 0 Å².